The molecule has 0 unspecified atom stereocenters. The average molecular weight is 276 g/mol. The predicted molar refractivity (Wildman–Crippen MR) is 82.8 cm³/mol. The monoisotopic (exact) mass is 276 g/mol. The van der Waals surface area contributed by atoms with Gasteiger partial charge in [-0.1, -0.05) is 12.1 Å². The molecule has 1 aromatic rings. The molecule has 0 spiro atoms. The van der Waals surface area contributed by atoms with Gasteiger partial charge in [-0.15, -0.1) is 0 Å². The van der Waals surface area contributed by atoms with Crippen LogP contribution >= 0.6 is 0 Å². The van der Waals surface area contributed by atoms with Crippen LogP contribution in [0, 0.1) is 5.41 Å². The van der Waals surface area contributed by atoms with E-state index in [9.17, 15) is 0 Å². The number of piperazine rings is 1. The van der Waals surface area contributed by atoms with E-state index in [2.05, 4.69) is 21.9 Å². The highest BCUT2D eigenvalue weighted by molar-refractivity contribution is 5.76. The molecule has 0 amide bonds. The summed E-state index contributed by atoms with van der Waals surface area (Å²) in [5.41, 5.74) is 6.56. The highest BCUT2D eigenvalue weighted by Crippen LogP contribution is 2.28. The number of methoxy groups -OCH3 is 1. The quantitative estimate of drug-likeness (QED) is 0.611. The maximum absolute atomic E-state index is 7.24. The third-order valence-electron chi connectivity index (χ3n) is 3.72. The first-order chi connectivity index (χ1) is 9.70. The van der Waals surface area contributed by atoms with Crippen LogP contribution in [0.3, 0.4) is 0 Å². The van der Waals surface area contributed by atoms with Crippen molar-refractivity contribution in [3.8, 4) is 5.75 Å². The molecule has 3 N–H and O–H groups in total. The van der Waals surface area contributed by atoms with E-state index in [1.54, 1.807) is 7.11 Å². The van der Waals surface area contributed by atoms with Crippen molar-refractivity contribution in [1.82, 2.24) is 4.90 Å². The first-order valence-corrected chi connectivity index (χ1v) is 7.14. The van der Waals surface area contributed by atoms with Gasteiger partial charge in [-0.2, -0.15) is 0 Å². The van der Waals surface area contributed by atoms with E-state index in [4.69, 9.17) is 15.9 Å². The molecule has 20 heavy (non-hydrogen) atoms. The van der Waals surface area contributed by atoms with E-state index < -0.39 is 0 Å². The van der Waals surface area contributed by atoms with Crippen LogP contribution in [0.2, 0.25) is 0 Å². The van der Waals surface area contributed by atoms with Gasteiger partial charge in [-0.25, -0.2) is 0 Å². The van der Waals surface area contributed by atoms with Crippen molar-refractivity contribution in [1.29, 1.82) is 5.41 Å². The van der Waals surface area contributed by atoms with Gasteiger partial charge in [0.2, 0.25) is 0 Å². The minimum Gasteiger partial charge on any atom is -0.495 e. The van der Waals surface area contributed by atoms with Crippen molar-refractivity contribution in [2.75, 3.05) is 44.7 Å². The fourth-order valence-electron chi connectivity index (χ4n) is 2.60. The van der Waals surface area contributed by atoms with Crippen molar-refractivity contribution in [3.63, 3.8) is 0 Å². The average Bonchev–Trinajstić information content (AvgIpc) is 2.47. The second-order valence-corrected chi connectivity index (χ2v) is 5.13. The summed E-state index contributed by atoms with van der Waals surface area (Å²) >= 11 is 0. The molecule has 110 valence electrons. The van der Waals surface area contributed by atoms with E-state index in [1.165, 1.54) is 5.69 Å². The molecule has 0 atom stereocenters. The molecule has 2 rings (SSSR count). The highest BCUT2D eigenvalue weighted by Gasteiger charge is 2.18. The van der Waals surface area contributed by atoms with Crippen LogP contribution in [-0.4, -0.2) is 50.6 Å². The third-order valence-corrected chi connectivity index (χ3v) is 3.72. The zero-order valence-electron chi connectivity index (χ0n) is 12.1. The van der Waals surface area contributed by atoms with Gasteiger partial charge >= 0.3 is 0 Å². The van der Waals surface area contributed by atoms with Gasteiger partial charge in [-0.3, -0.25) is 10.3 Å². The lowest BCUT2D eigenvalue weighted by atomic mass is 10.2. The van der Waals surface area contributed by atoms with Crippen molar-refractivity contribution < 1.29 is 4.74 Å². The van der Waals surface area contributed by atoms with E-state index >= 15 is 0 Å². The standard InChI is InChI=1S/C15H24N4O/c1-20-14-6-3-2-5-13(14)19-11-9-18(10-12-19)8-4-7-15(16)17/h2-3,5-6H,4,7-12H2,1H3,(H3,16,17). The lowest BCUT2D eigenvalue weighted by molar-refractivity contribution is 0.255. The Morgan fingerprint density at radius 2 is 1.95 bits per heavy atom. The Morgan fingerprint density at radius 3 is 2.60 bits per heavy atom. The summed E-state index contributed by atoms with van der Waals surface area (Å²) in [7, 11) is 1.72. The Bertz CT molecular complexity index is 441. The number of ether oxygens (including phenoxy) is 1. The summed E-state index contributed by atoms with van der Waals surface area (Å²) in [6, 6.07) is 8.18. The Hall–Kier alpha value is -1.75. The van der Waals surface area contributed by atoms with E-state index in [-0.39, 0.29) is 5.84 Å². The molecular formula is C15H24N4O. The Kier molecular flexibility index (Phi) is 5.24. The van der Waals surface area contributed by atoms with Gasteiger partial charge in [0.1, 0.15) is 5.75 Å². The van der Waals surface area contributed by atoms with Crippen LogP contribution in [0.1, 0.15) is 12.8 Å². The minimum absolute atomic E-state index is 0.289. The number of rotatable bonds is 6. The first-order valence-electron chi connectivity index (χ1n) is 7.14. The molecule has 1 aliphatic rings. The van der Waals surface area contributed by atoms with E-state index in [0.29, 0.717) is 6.42 Å². The van der Waals surface area contributed by atoms with Crippen LogP contribution in [0.4, 0.5) is 5.69 Å². The van der Waals surface area contributed by atoms with E-state index in [1.807, 2.05) is 12.1 Å². The van der Waals surface area contributed by atoms with Crippen LogP contribution in [0.25, 0.3) is 0 Å². The SMILES string of the molecule is COc1ccccc1N1CCN(CCCC(=N)N)CC1. The molecule has 0 aromatic heterocycles. The lowest BCUT2D eigenvalue weighted by Crippen LogP contribution is -2.46. The minimum atomic E-state index is 0.289. The number of nitrogens with two attached hydrogens (primary N) is 1. The number of hydrogen-bond donors (Lipinski definition) is 2. The van der Waals surface area contributed by atoms with Gasteiger partial charge < -0.3 is 15.4 Å². The molecule has 1 aromatic carbocycles. The number of para-hydroxylation sites is 2. The Labute approximate surface area is 120 Å². The third kappa shape index (κ3) is 3.87. The zero-order chi connectivity index (χ0) is 14.4. The topological polar surface area (TPSA) is 65.6 Å². The number of nitrogens with zero attached hydrogens (tertiary/aromatic N) is 2. The second-order valence-electron chi connectivity index (χ2n) is 5.13. The van der Waals surface area contributed by atoms with Crippen molar-refractivity contribution >= 4 is 11.5 Å². The summed E-state index contributed by atoms with van der Waals surface area (Å²) in [4.78, 5) is 4.81. The molecule has 0 saturated carbocycles. The zero-order valence-corrected chi connectivity index (χ0v) is 12.1. The highest BCUT2D eigenvalue weighted by atomic mass is 16.5. The van der Waals surface area contributed by atoms with Crippen molar-refractivity contribution in [3.05, 3.63) is 24.3 Å². The van der Waals surface area contributed by atoms with Gasteiger partial charge in [0.15, 0.2) is 0 Å². The molecule has 1 heterocycles. The fraction of sp³-hybridized carbons (Fsp3) is 0.533. The van der Waals surface area contributed by atoms with Gasteiger partial charge in [-0.05, 0) is 25.1 Å². The van der Waals surface area contributed by atoms with Gasteiger partial charge in [0, 0.05) is 32.6 Å². The molecule has 0 bridgehead atoms. The van der Waals surface area contributed by atoms with Crippen molar-refractivity contribution in [2.45, 2.75) is 12.8 Å². The number of amidine groups is 1. The van der Waals surface area contributed by atoms with Crippen LogP contribution in [0.5, 0.6) is 5.75 Å². The van der Waals surface area contributed by atoms with Crippen LogP contribution < -0.4 is 15.4 Å². The number of anilines is 1. The molecule has 1 aliphatic heterocycles. The van der Waals surface area contributed by atoms with Crippen LogP contribution in [0.15, 0.2) is 24.3 Å². The maximum Gasteiger partial charge on any atom is 0.142 e. The summed E-state index contributed by atoms with van der Waals surface area (Å²) < 4.78 is 5.42. The fourth-order valence-corrected chi connectivity index (χ4v) is 2.60. The van der Waals surface area contributed by atoms with Gasteiger partial charge in [0.25, 0.3) is 0 Å². The molecular weight excluding hydrogens is 252 g/mol. The van der Waals surface area contributed by atoms with Crippen molar-refractivity contribution in [2.24, 2.45) is 5.73 Å². The smallest absolute Gasteiger partial charge is 0.142 e. The number of nitrogens with one attached hydrogen (secondary N) is 1. The Balaban J connectivity index is 1.83. The Morgan fingerprint density at radius 1 is 1.25 bits per heavy atom. The summed E-state index contributed by atoms with van der Waals surface area (Å²) in [6.45, 7) is 5.16. The summed E-state index contributed by atoms with van der Waals surface area (Å²) in [5.74, 6) is 1.23. The summed E-state index contributed by atoms with van der Waals surface area (Å²) in [6.07, 6.45) is 1.68. The van der Waals surface area contributed by atoms with E-state index in [0.717, 1.165) is 44.9 Å². The first kappa shape index (κ1) is 14.7. The molecule has 5 nitrogen and oxygen atoms in total. The normalized spacial score (nSPS) is 16.1. The predicted octanol–water partition coefficient (Wildman–Crippen LogP) is 1.53. The maximum atomic E-state index is 7.24. The van der Waals surface area contributed by atoms with Crippen LogP contribution in [-0.2, 0) is 0 Å². The molecule has 5 heteroatoms. The molecule has 0 aliphatic carbocycles. The number of hydrogen-bond acceptors (Lipinski definition) is 4. The largest absolute Gasteiger partial charge is 0.495 e. The lowest BCUT2D eigenvalue weighted by Gasteiger charge is -2.36. The molecule has 1 saturated heterocycles. The molecule has 1 fully saturated rings. The molecule has 0 radical (unpaired) electrons. The summed E-state index contributed by atoms with van der Waals surface area (Å²) in [5, 5.41) is 7.24. The second kappa shape index (κ2) is 7.14. The van der Waals surface area contributed by atoms with Gasteiger partial charge in [0.05, 0.1) is 18.6 Å². The number of benzene rings is 1.